The number of carbonyl (C=O) groups excluding carboxylic acids is 1. The molecule has 25 heavy (non-hydrogen) atoms. The van der Waals surface area contributed by atoms with Crippen LogP contribution in [-0.4, -0.2) is 33.9 Å². The van der Waals surface area contributed by atoms with Gasteiger partial charge in [-0.05, 0) is 43.2 Å². The molecule has 0 saturated carbocycles. The third-order valence-electron chi connectivity index (χ3n) is 4.74. The fraction of sp³-hybridized carbons (Fsp3) is 0.263. The van der Waals surface area contributed by atoms with Crippen molar-refractivity contribution in [2.24, 2.45) is 0 Å². The molecule has 0 radical (unpaired) electrons. The van der Waals surface area contributed by atoms with Crippen LogP contribution in [-0.2, 0) is 0 Å². The first-order chi connectivity index (χ1) is 12.1. The average Bonchev–Trinajstić information content (AvgIpc) is 3.05. The molecule has 1 amide bonds. The van der Waals surface area contributed by atoms with Crippen molar-refractivity contribution >= 4 is 40.1 Å². The zero-order valence-corrected chi connectivity index (χ0v) is 15.0. The van der Waals surface area contributed by atoms with Gasteiger partial charge in [-0.3, -0.25) is 4.79 Å². The van der Waals surface area contributed by atoms with Gasteiger partial charge in [-0.25, -0.2) is 4.98 Å². The minimum atomic E-state index is -0.0373. The molecule has 1 aliphatic rings. The lowest BCUT2D eigenvalue weighted by Crippen LogP contribution is -2.38. The average molecular weight is 374 g/mol. The summed E-state index contributed by atoms with van der Waals surface area (Å²) < 4.78 is 0. The molecule has 0 unspecified atom stereocenters. The number of carbonyl (C=O) groups is 1. The van der Waals surface area contributed by atoms with E-state index in [9.17, 15) is 4.79 Å². The molecule has 2 aromatic carbocycles. The third-order valence-corrected chi connectivity index (χ3v) is 5.29. The molecule has 1 saturated heterocycles. The summed E-state index contributed by atoms with van der Waals surface area (Å²) >= 11 is 12.1. The van der Waals surface area contributed by atoms with Crippen LogP contribution in [0.2, 0.25) is 10.0 Å². The number of benzene rings is 2. The maximum atomic E-state index is 12.7. The van der Waals surface area contributed by atoms with E-state index in [4.69, 9.17) is 28.2 Å². The summed E-state index contributed by atoms with van der Waals surface area (Å²) in [5.41, 5.74) is 2.56. The van der Waals surface area contributed by atoms with Crippen LogP contribution >= 0.6 is 23.2 Å². The Morgan fingerprint density at radius 3 is 2.60 bits per heavy atom. The second-order valence-electron chi connectivity index (χ2n) is 6.33. The second kappa shape index (κ2) is 6.70. The van der Waals surface area contributed by atoms with E-state index in [2.05, 4.69) is 4.98 Å². The van der Waals surface area contributed by atoms with Gasteiger partial charge in [-0.1, -0.05) is 35.3 Å². The van der Waals surface area contributed by atoms with Crippen molar-refractivity contribution in [3.8, 4) is 0 Å². The first-order valence-corrected chi connectivity index (χ1v) is 9.06. The van der Waals surface area contributed by atoms with E-state index in [1.54, 1.807) is 18.2 Å². The van der Waals surface area contributed by atoms with Gasteiger partial charge in [-0.2, -0.15) is 0 Å². The number of nitrogens with zero attached hydrogens (tertiary/aromatic N) is 2. The fourth-order valence-electron chi connectivity index (χ4n) is 3.36. The quantitative estimate of drug-likeness (QED) is 0.694. The standard InChI is InChI=1S/C19H17Cl2N3O/c20-13-5-6-14(15(21)11-13)19(25)24-9-7-12(8-10-24)18-22-16-3-1-2-4-17(16)23-18/h1-6,11-12H,7-10H2,(H,22,23). The molecule has 0 atom stereocenters. The molecule has 0 spiro atoms. The molecule has 6 heteroatoms. The van der Waals surface area contributed by atoms with Gasteiger partial charge in [-0.15, -0.1) is 0 Å². The number of halogens is 2. The predicted molar refractivity (Wildman–Crippen MR) is 100 cm³/mol. The smallest absolute Gasteiger partial charge is 0.255 e. The number of amides is 1. The first-order valence-electron chi connectivity index (χ1n) is 8.31. The van der Waals surface area contributed by atoms with Crippen molar-refractivity contribution in [3.05, 3.63) is 63.9 Å². The van der Waals surface area contributed by atoms with Gasteiger partial charge in [0.2, 0.25) is 0 Å². The van der Waals surface area contributed by atoms with Gasteiger partial charge in [0.05, 0.1) is 21.6 Å². The molecule has 2 heterocycles. The number of fused-ring (bicyclic) bond motifs is 1. The number of likely N-dealkylation sites (tertiary alicyclic amines) is 1. The molecule has 1 aromatic heterocycles. The highest BCUT2D eigenvalue weighted by Crippen LogP contribution is 2.29. The molecule has 1 aliphatic heterocycles. The number of H-pyrrole nitrogens is 1. The van der Waals surface area contributed by atoms with E-state index in [-0.39, 0.29) is 5.91 Å². The van der Waals surface area contributed by atoms with Gasteiger partial charge < -0.3 is 9.88 Å². The molecule has 128 valence electrons. The van der Waals surface area contributed by atoms with Gasteiger partial charge in [0.25, 0.3) is 5.91 Å². The van der Waals surface area contributed by atoms with Crippen LogP contribution in [0.5, 0.6) is 0 Å². The van der Waals surface area contributed by atoms with Crippen LogP contribution in [0.4, 0.5) is 0 Å². The lowest BCUT2D eigenvalue weighted by atomic mass is 9.95. The summed E-state index contributed by atoms with van der Waals surface area (Å²) in [7, 11) is 0. The number of aromatic amines is 1. The van der Waals surface area contributed by atoms with Crippen LogP contribution < -0.4 is 0 Å². The monoisotopic (exact) mass is 373 g/mol. The van der Waals surface area contributed by atoms with Crippen LogP contribution in [0.25, 0.3) is 11.0 Å². The Morgan fingerprint density at radius 1 is 1.12 bits per heavy atom. The minimum Gasteiger partial charge on any atom is -0.342 e. The Morgan fingerprint density at radius 2 is 1.88 bits per heavy atom. The van der Waals surface area contributed by atoms with Crippen LogP contribution in [0.1, 0.15) is 34.9 Å². The van der Waals surface area contributed by atoms with Crippen molar-refractivity contribution in [1.82, 2.24) is 14.9 Å². The number of para-hydroxylation sites is 2. The highest BCUT2D eigenvalue weighted by molar-refractivity contribution is 6.36. The highest BCUT2D eigenvalue weighted by atomic mass is 35.5. The Balaban J connectivity index is 1.46. The van der Waals surface area contributed by atoms with E-state index in [1.165, 1.54) is 0 Å². The van der Waals surface area contributed by atoms with Gasteiger partial charge in [0.15, 0.2) is 0 Å². The van der Waals surface area contributed by atoms with E-state index in [0.29, 0.717) is 34.6 Å². The van der Waals surface area contributed by atoms with Crippen molar-refractivity contribution in [2.75, 3.05) is 13.1 Å². The summed E-state index contributed by atoms with van der Waals surface area (Å²) in [6.45, 7) is 1.39. The van der Waals surface area contributed by atoms with Gasteiger partial charge in [0, 0.05) is 24.0 Å². The Labute approximate surface area is 155 Å². The number of piperidine rings is 1. The van der Waals surface area contributed by atoms with E-state index in [0.717, 1.165) is 29.7 Å². The summed E-state index contributed by atoms with van der Waals surface area (Å²) in [4.78, 5) is 22.6. The van der Waals surface area contributed by atoms with E-state index in [1.807, 2.05) is 29.2 Å². The predicted octanol–water partition coefficient (Wildman–Crippen LogP) is 4.89. The highest BCUT2D eigenvalue weighted by Gasteiger charge is 2.27. The molecular formula is C19H17Cl2N3O. The summed E-state index contributed by atoms with van der Waals surface area (Å²) in [5.74, 6) is 1.32. The zero-order valence-electron chi connectivity index (χ0n) is 13.5. The van der Waals surface area contributed by atoms with Gasteiger partial charge in [0.1, 0.15) is 5.82 Å². The summed E-state index contributed by atoms with van der Waals surface area (Å²) in [6.07, 6.45) is 1.77. The van der Waals surface area contributed by atoms with Crippen molar-refractivity contribution < 1.29 is 4.79 Å². The SMILES string of the molecule is O=C(c1ccc(Cl)cc1Cl)N1CCC(c2nc3ccccc3[nH]2)CC1. The molecule has 0 bridgehead atoms. The van der Waals surface area contributed by atoms with Crippen molar-refractivity contribution in [2.45, 2.75) is 18.8 Å². The number of aromatic nitrogens is 2. The third kappa shape index (κ3) is 3.24. The van der Waals surface area contributed by atoms with E-state index < -0.39 is 0 Å². The number of nitrogens with one attached hydrogen (secondary N) is 1. The Kier molecular flexibility index (Phi) is 4.40. The van der Waals surface area contributed by atoms with Crippen LogP contribution in [0.15, 0.2) is 42.5 Å². The number of hydrogen-bond acceptors (Lipinski definition) is 2. The normalized spacial score (nSPS) is 15.7. The first kappa shape index (κ1) is 16.4. The summed E-state index contributed by atoms with van der Waals surface area (Å²) in [5, 5.41) is 0.932. The van der Waals surface area contributed by atoms with Crippen molar-refractivity contribution in [3.63, 3.8) is 0 Å². The molecule has 3 aromatic rings. The topological polar surface area (TPSA) is 49.0 Å². The lowest BCUT2D eigenvalue weighted by molar-refractivity contribution is 0.0711. The maximum absolute atomic E-state index is 12.7. The largest absolute Gasteiger partial charge is 0.342 e. The maximum Gasteiger partial charge on any atom is 0.255 e. The number of imidazole rings is 1. The summed E-state index contributed by atoms with van der Waals surface area (Å²) in [6, 6.07) is 13.0. The molecule has 4 rings (SSSR count). The number of hydrogen-bond donors (Lipinski definition) is 1. The molecule has 1 fully saturated rings. The minimum absolute atomic E-state index is 0.0373. The van der Waals surface area contributed by atoms with Crippen LogP contribution in [0.3, 0.4) is 0 Å². The molecular weight excluding hydrogens is 357 g/mol. The van der Waals surface area contributed by atoms with E-state index >= 15 is 0 Å². The van der Waals surface area contributed by atoms with Crippen molar-refractivity contribution in [1.29, 1.82) is 0 Å². The Bertz CT molecular complexity index is 896. The Hall–Kier alpha value is -2.04. The van der Waals surface area contributed by atoms with Gasteiger partial charge >= 0.3 is 0 Å². The fourth-order valence-corrected chi connectivity index (χ4v) is 3.84. The second-order valence-corrected chi connectivity index (χ2v) is 7.17. The molecule has 4 nitrogen and oxygen atoms in total. The molecule has 0 aliphatic carbocycles. The van der Waals surface area contributed by atoms with Crippen LogP contribution in [0, 0.1) is 0 Å². The number of rotatable bonds is 2. The zero-order chi connectivity index (χ0) is 17.4. The lowest BCUT2D eigenvalue weighted by Gasteiger charge is -2.31. The molecule has 1 N–H and O–H groups in total.